The number of benzene rings is 3. The van der Waals surface area contributed by atoms with Crippen LogP contribution in [0.25, 0.3) is 0 Å². The van der Waals surface area contributed by atoms with Crippen molar-refractivity contribution in [3.63, 3.8) is 0 Å². The number of anilines is 3. The number of methoxy groups -OCH3 is 2. The molecule has 0 radical (unpaired) electrons. The van der Waals surface area contributed by atoms with Crippen LogP contribution in [-0.4, -0.2) is 64.8 Å². The summed E-state index contributed by atoms with van der Waals surface area (Å²) in [6.07, 6.45) is 0.207. The van der Waals surface area contributed by atoms with Crippen LogP contribution in [-0.2, 0) is 16.0 Å². The SMILES string of the molecule is COC(=O)c1ccc(OCCNCC(=O)Cc2ccc(NC(=O)Nc3ccccc3C)c(OC)c2)c(N(C)C(C)C)c1. The van der Waals surface area contributed by atoms with E-state index in [1.54, 1.807) is 36.4 Å². The van der Waals surface area contributed by atoms with Crippen molar-refractivity contribution >= 4 is 34.8 Å². The molecule has 224 valence electrons. The number of rotatable bonds is 14. The first kappa shape index (κ1) is 32.0. The van der Waals surface area contributed by atoms with Crippen molar-refractivity contribution < 1.29 is 28.6 Å². The minimum Gasteiger partial charge on any atom is -0.495 e. The lowest BCUT2D eigenvalue weighted by molar-refractivity contribution is -0.117. The average molecular weight is 577 g/mol. The number of ether oxygens (including phenoxy) is 3. The molecule has 3 aromatic carbocycles. The molecule has 3 N–H and O–H groups in total. The second kappa shape index (κ2) is 15.4. The van der Waals surface area contributed by atoms with Crippen molar-refractivity contribution in [1.82, 2.24) is 5.32 Å². The van der Waals surface area contributed by atoms with Crippen LogP contribution in [0.3, 0.4) is 0 Å². The number of urea groups is 1. The van der Waals surface area contributed by atoms with Gasteiger partial charge < -0.3 is 35.1 Å². The fourth-order valence-electron chi connectivity index (χ4n) is 4.13. The van der Waals surface area contributed by atoms with Crippen LogP contribution >= 0.6 is 0 Å². The molecule has 0 spiro atoms. The molecule has 3 rings (SSSR count). The highest BCUT2D eigenvalue weighted by atomic mass is 16.5. The maximum absolute atomic E-state index is 12.6. The summed E-state index contributed by atoms with van der Waals surface area (Å²) in [6, 6.07) is 17.7. The second-order valence-corrected chi connectivity index (χ2v) is 10.0. The highest BCUT2D eigenvalue weighted by molar-refractivity contribution is 6.01. The van der Waals surface area contributed by atoms with Crippen molar-refractivity contribution in [2.45, 2.75) is 33.2 Å². The molecule has 0 fully saturated rings. The van der Waals surface area contributed by atoms with E-state index in [0.717, 1.165) is 16.8 Å². The van der Waals surface area contributed by atoms with E-state index in [1.165, 1.54) is 14.2 Å². The minimum absolute atomic E-state index is 0.00211. The molecule has 0 aliphatic rings. The van der Waals surface area contributed by atoms with Gasteiger partial charge in [0.25, 0.3) is 0 Å². The highest BCUT2D eigenvalue weighted by Crippen LogP contribution is 2.30. The lowest BCUT2D eigenvalue weighted by atomic mass is 10.1. The first-order valence-corrected chi connectivity index (χ1v) is 13.7. The lowest BCUT2D eigenvalue weighted by Crippen LogP contribution is -2.29. The van der Waals surface area contributed by atoms with Gasteiger partial charge in [0, 0.05) is 31.7 Å². The molecule has 10 heteroatoms. The summed E-state index contributed by atoms with van der Waals surface area (Å²) < 4.78 is 16.3. The van der Waals surface area contributed by atoms with Gasteiger partial charge in [-0.25, -0.2) is 9.59 Å². The molecule has 10 nitrogen and oxygen atoms in total. The van der Waals surface area contributed by atoms with E-state index in [9.17, 15) is 14.4 Å². The Kier molecular flexibility index (Phi) is 11.7. The number of Topliss-reactive ketones (excluding diaryl/α,β-unsaturated/α-hetero) is 1. The summed E-state index contributed by atoms with van der Waals surface area (Å²) in [5, 5.41) is 8.74. The first-order chi connectivity index (χ1) is 20.1. The fourth-order valence-corrected chi connectivity index (χ4v) is 4.13. The van der Waals surface area contributed by atoms with Gasteiger partial charge in [-0.05, 0) is 68.3 Å². The van der Waals surface area contributed by atoms with E-state index in [0.29, 0.717) is 41.6 Å². The van der Waals surface area contributed by atoms with E-state index >= 15 is 0 Å². The van der Waals surface area contributed by atoms with Crippen LogP contribution in [0.2, 0.25) is 0 Å². The van der Waals surface area contributed by atoms with Gasteiger partial charge in [-0.15, -0.1) is 0 Å². The molecule has 42 heavy (non-hydrogen) atoms. The predicted molar refractivity (Wildman–Crippen MR) is 165 cm³/mol. The van der Waals surface area contributed by atoms with Crippen LogP contribution in [0, 0.1) is 6.92 Å². The third-order valence-electron chi connectivity index (χ3n) is 6.70. The molecule has 3 aromatic rings. The third-order valence-corrected chi connectivity index (χ3v) is 6.70. The number of hydrogen-bond donors (Lipinski definition) is 3. The number of amides is 2. The summed E-state index contributed by atoms with van der Waals surface area (Å²) in [5.74, 6) is 0.687. The van der Waals surface area contributed by atoms with Crippen molar-refractivity contribution in [2.24, 2.45) is 0 Å². The maximum Gasteiger partial charge on any atom is 0.337 e. The minimum atomic E-state index is -0.410. The lowest BCUT2D eigenvalue weighted by Gasteiger charge is -2.26. The average Bonchev–Trinajstić information content (AvgIpc) is 2.98. The van der Waals surface area contributed by atoms with Gasteiger partial charge in [0.1, 0.15) is 18.1 Å². The number of nitrogens with one attached hydrogen (secondary N) is 3. The zero-order valence-electron chi connectivity index (χ0n) is 25.1. The fraction of sp³-hybridized carbons (Fsp3) is 0.344. The van der Waals surface area contributed by atoms with Crippen LogP contribution in [0.15, 0.2) is 60.7 Å². The largest absolute Gasteiger partial charge is 0.495 e. The van der Waals surface area contributed by atoms with Crippen molar-refractivity contribution in [3.05, 3.63) is 77.4 Å². The highest BCUT2D eigenvalue weighted by Gasteiger charge is 2.16. The molecule has 0 aliphatic carbocycles. The number of hydrogen-bond acceptors (Lipinski definition) is 8. The maximum atomic E-state index is 12.6. The molecule has 0 heterocycles. The number of para-hydroxylation sites is 1. The molecular formula is C32H40N4O6. The Labute approximate surface area is 247 Å². The Balaban J connectivity index is 1.49. The Morgan fingerprint density at radius 3 is 2.33 bits per heavy atom. The van der Waals surface area contributed by atoms with Crippen LogP contribution in [0.1, 0.15) is 35.3 Å². The smallest absolute Gasteiger partial charge is 0.337 e. The Morgan fingerprint density at radius 1 is 0.905 bits per heavy atom. The van der Waals surface area contributed by atoms with Crippen molar-refractivity contribution in [2.75, 3.05) is 56.5 Å². The monoisotopic (exact) mass is 576 g/mol. The summed E-state index contributed by atoms with van der Waals surface area (Å²) in [4.78, 5) is 39.1. The van der Waals surface area contributed by atoms with Gasteiger partial charge in [0.15, 0.2) is 5.78 Å². The third kappa shape index (κ3) is 8.97. The number of esters is 1. The number of aryl methyl sites for hydroxylation is 1. The molecule has 0 aromatic heterocycles. The second-order valence-electron chi connectivity index (χ2n) is 10.0. The summed E-state index contributed by atoms with van der Waals surface area (Å²) in [6.45, 7) is 6.97. The van der Waals surface area contributed by atoms with Gasteiger partial charge in [0.05, 0.1) is 37.7 Å². The van der Waals surface area contributed by atoms with Crippen LogP contribution in [0.4, 0.5) is 21.9 Å². The molecule has 0 saturated heterocycles. The summed E-state index contributed by atoms with van der Waals surface area (Å²) in [5.41, 5.74) is 4.16. The number of ketones is 1. The Bertz CT molecular complexity index is 1390. The van der Waals surface area contributed by atoms with Gasteiger partial charge >= 0.3 is 12.0 Å². The zero-order valence-corrected chi connectivity index (χ0v) is 25.1. The summed E-state index contributed by atoms with van der Waals surface area (Å²) in [7, 11) is 4.80. The predicted octanol–water partition coefficient (Wildman–Crippen LogP) is 5.06. The Hall–Kier alpha value is -4.57. The van der Waals surface area contributed by atoms with Crippen molar-refractivity contribution in [1.29, 1.82) is 0 Å². The van der Waals surface area contributed by atoms with E-state index in [1.807, 2.05) is 57.0 Å². The molecule has 0 atom stereocenters. The van der Waals surface area contributed by atoms with E-state index < -0.39 is 5.97 Å². The number of carbonyl (C=O) groups excluding carboxylic acids is 3. The first-order valence-electron chi connectivity index (χ1n) is 13.7. The number of nitrogens with zero attached hydrogens (tertiary/aromatic N) is 1. The number of carbonyl (C=O) groups is 3. The van der Waals surface area contributed by atoms with Gasteiger partial charge in [-0.2, -0.15) is 0 Å². The van der Waals surface area contributed by atoms with Gasteiger partial charge in [0.2, 0.25) is 0 Å². The molecule has 0 aliphatic heterocycles. The molecular weight excluding hydrogens is 536 g/mol. The van der Waals surface area contributed by atoms with Gasteiger partial charge in [-0.1, -0.05) is 24.3 Å². The quantitative estimate of drug-likeness (QED) is 0.180. The zero-order chi connectivity index (χ0) is 30.6. The topological polar surface area (TPSA) is 118 Å². The molecule has 0 unspecified atom stereocenters. The normalized spacial score (nSPS) is 10.6. The standard InChI is InChI=1S/C32H40N4O6/c1-21(2)36(4)28-19-24(31(38)41-6)12-14-29(28)42-16-15-33-20-25(37)17-23-11-13-27(30(18-23)40-5)35-32(39)34-26-10-8-7-9-22(26)3/h7-14,18-19,21,33H,15-17,20H2,1-6H3,(H2,34,35,39). The molecule has 0 bridgehead atoms. The van der Waals surface area contributed by atoms with Crippen molar-refractivity contribution in [3.8, 4) is 11.5 Å². The Morgan fingerprint density at radius 2 is 1.64 bits per heavy atom. The van der Waals surface area contributed by atoms with Crippen LogP contribution < -0.4 is 30.3 Å². The summed E-state index contributed by atoms with van der Waals surface area (Å²) >= 11 is 0. The van der Waals surface area contributed by atoms with E-state index in [4.69, 9.17) is 14.2 Å². The molecule has 2 amide bonds. The van der Waals surface area contributed by atoms with Crippen LogP contribution in [0.5, 0.6) is 11.5 Å². The van der Waals surface area contributed by atoms with Gasteiger partial charge in [-0.3, -0.25) is 4.79 Å². The molecule has 0 saturated carbocycles. The van der Waals surface area contributed by atoms with E-state index in [2.05, 4.69) is 16.0 Å². The van der Waals surface area contributed by atoms with E-state index in [-0.39, 0.29) is 30.8 Å².